The lowest BCUT2D eigenvalue weighted by Gasteiger charge is -2.28. The lowest BCUT2D eigenvalue weighted by Crippen LogP contribution is -2.45. The van der Waals surface area contributed by atoms with Crippen LogP contribution in [0.1, 0.15) is 38.1 Å². The summed E-state index contributed by atoms with van der Waals surface area (Å²) >= 11 is 5.86. The van der Waals surface area contributed by atoms with Crippen molar-refractivity contribution in [1.82, 2.24) is 19.9 Å². The number of aromatic nitrogens is 3. The van der Waals surface area contributed by atoms with Gasteiger partial charge in [0.25, 0.3) is 0 Å². The molecule has 0 aliphatic rings. The molecule has 0 aliphatic carbocycles. The molecule has 2 aromatic heterocycles. The van der Waals surface area contributed by atoms with E-state index in [9.17, 15) is 18.0 Å². The minimum absolute atomic E-state index is 0. The van der Waals surface area contributed by atoms with Crippen molar-refractivity contribution in [2.75, 3.05) is 6.54 Å². The molecule has 0 radical (unpaired) electrons. The van der Waals surface area contributed by atoms with Gasteiger partial charge in [-0.1, -0.05) is 25.4 Å². The van der Waals surface area contributed by atoms with E-state index in [1.807, 2.05) is 13.8 Å². The van der Waals surface area contributed by atoms with E-state index in [0.29, 0.717) is 12.8 Å². The molecule has 0 unspecified atom stereocenters. The average molecular weight is 414 g/mol. The van der Waals surface area contributed by atoms with Crippen molar-refractivity contribution < 1.29 is 18.0 Å². The van der Waals surface area contributed by atoms with Crippen LogP contribution in [0.3, 0.4) is 0 Å². The van der Waals surface area contributed by atoms with E-state index in [4.69, 9.17) is 17.3 Å². The Morgan fingerprint density at radius 1 is 1.31 bits per heavy atom. The fourth-order valence-electron chi connectivity index (χ4n) is 2.57. The van der Waals surface area contributed by atoms with Crippen LogP contribution in [0.15, 0.2) is 12.3 Å². The topological polar surface area (TPSA) is 85.3 Å². The van der Waals surface area contributed by atoms with Crippen LogP contribution in [0.5, 0.6) is 0 Å². The minimum atomic E-state index is -4.55. The summed E-state index contributed by atoms with van der Waals surface area (Å²) in [6.07, 6.45) is -2.59. The number of pyridine rings is 1. The van der Waals surface area contributed by atoms with Gasteiger partial charge in [-0.15, -0.1) is 22.6 Å². The molecule has 2 aromatic rings. The van der Waals surface area contributed by atoms with Gasteiger partial charge in [-0.05, 0) is 18.9 Å². The van der Waals surface area contributed by atoms with Crippen LogP contribution < -0.4 is 11.1 Å². The molecule has 0 fully saturated rings. The molecule has 0 aromatic carbocycles. The highest BCUT2D eigenvalue weighted by molar-refractivity contribution is 6.33. The Morgan fingerprint density at radius 2 is 1.92 bits per heavy atom. The van der Waals surface area contributed by atoms with Gasteiger partial charge in [0.2, 0.25) is 5.91 Å². The molecule has 11 heteroatoms. The van der Waals surface area contributed by atoms with Gasteiger partial charge in [0.05, 0.1) is 22.5 Å². The van der Waals surface area contributed by atoms with Crippen molar-refractivity contribution in [2.45, 2.75) is 39.4 Å². The number of fused-ring (bicyclic) bond motifs is 1. The lowest BCUT2D eigenvalue weighted by molar-refractivity contribution is -0.138. The van der Waals surface area contributed by atoms with Gasteiger partial charge in [-0.25, -0.2) is 0 Å². The maximum Gasteiger partial charge on any atom is 0.417 e. The first-order valence-electron chi connectivity index (χ1n) is 7.77. The number of hydrogen-bond donors (Lipinski definition) is 2. The minimum Gasteiger partial charge on any atom is -0.348 e. The highest BCUT2D eigenvalue weighted by atomic mass is 35.5. The summed E-state index contributed by atoms with van der Waals surface area (Å²) in [6.45, 7) is 3.81. The Balaban J connectivity index is 0.00000338. The van der Waals surface area contributed by atoms with E-state index in [1.165, 1.54) is 0 Å². The van der Waals surface area contributed by atoms with Gasteiger partial charge in [0.1, 0.15) is 0 Å². The first-order valence-corrected chi connectivity index (χ1v) is 8.15. The second kappa shape index (κ2) is 8.41. The summed E-state index contributed by atoms with van der Waals surface area (Å²) in [6, 6.07) is 0.793. The Kier molecular flexibility index (Phi) is 7.26. The largest absolute Gasteiger partial charge is 0.417 e. The quantitative estimate of drug-likeness (QED) is 0.761. The molecule has 26 heavy (non-hydrogen) atoms. The number of alkyl halides is 3. The number of amides is 1. The molecule has 3 N–H and O–H groups in total. The molecule has 0 saturated carbocycles. The third-order valence-electron chi connectivity index (χ3n) is 4.49. The number of rotatable bonds is 6. The summed E-state index contributed by atoms with van der Waals surface area (Å²) in [5.41, 5.74) is 4.18. The lowest BCUT2D eigenvalue weighted by atomic mass is 9.81. The second-order valence-electron chi connectivity index (χ2n) is 5.76. The molecule has 0 aliphatic heterocycles. The van der Waals surface area contributed by atoms with Crippen molar-refractivity contribution >= 4 is 35.6 Å². The smallest absolute Gasteiger partial charge is 0.348 e. The summed E-state index contributed by atoms with van der Waals surface area (Å²) in [7, 11) is 0. The number of nitrogens with one attached hydrogen (secondary N) is 1. The molecule has 0 saturated heterocycles. The van der Waals surface area contributed by atoms with Gasteiger partial charge in [0, 0.05) is 12.7 Å². The maximum absolute atomic E-state index is 12.9. The van der Waals surface area contributed by atoms with E-state index in [2.05, 4.69) is 15.5 Å². The molecule has 0 spiro atoms. The highest BCUT2D eigenvalue weighted by Crippen LogP contribution is 2.32. The second-order valence-corrected chi connectivity index (χ2v) is 6.17. The molecule has 6 nitrogen and oxygen atoms in total. The van der Waals surface area contributed by atoms with Crippen molar-refractivity contribution in [3.8, 4) is 0 Å². The monoisotopic (exact) mass is 413 g/mol. The van der Waals surface area contributed by atoms with Crippen LogP contribution >= 0.6 is 24.0 Å². The molecule has 0 atom stereocenters. The molecule has 1 amide bonds. The Morgan fingerprint density at radius 3 is 2.42 bits per heavy atom. The average Bonchev–Trinajstić information content (AvgIpc) is 2.98. The van der Waals surface area contributed by atoms with Crippen LogP contribution in [-0.2, 0) is 17.5 Å². The fraction of sp³-hybridized carbons (Fsp3) is 0.533. The van der Waals surface area contributed by atoms with Crippen LogP contribution in [0.2, 0.25) is 5.02 Å². The predicted octanol–water partition coefficient (Wildman–Crippen LogP) is 3.20. The third-order valence-corrected chi connectivity index (χ3v) is 4.77. The van der Waals surface area contributed by atoms with E-state index in [-0.39, 0.29) is 47.9 Å². The van der Waals surface area contributed by atoms with Gasteiger partial charge in [-0.2, -0.15) is 13.2 Å². The van der Waals surface area contributed by atoms with Crippen molar-refractivity contribution in [3.05, 3.63) is 28.7 Å². The molecular weight excluding hydrogens is 394 g/mol. The molecule has 146 valence electrons. The van der Waals surface area contributed by atoms with Crippen LogP contribution in [-0.4, -0.2) is 27.0 Å². The number of hydrogen-bond acceptors (Lipinski definition) is 4. The number of nitrogens with zero attached hydrogens (tertiary/aromatic N) is 3. The van der Waals surface area contributed by atoms with Gasteiger partial charge < -0.3 is 11.1 Å². The van der Waals surface area contributed by atoms with E-state index in [1.54, 1.807) is 0 Å². The van der Waals surface area contributed by atoms with Crippen LogP contribution in [0.25, 0.3) is 5.65 Å². The zero-order valence-electron chi connectivity index (χ0n) is 14.2. The van der Waals surface area contributed by atoms with Crippen molar-refractivity contribution in [3.63, 3.8) is 0 Å². The number of nitrogens with two attached hydrogens (primary N) is 1. The zero-order chi connectivity index (χ0) is 18.8. The summed E-state index contributed by atoms with van der Waals surface area (Å²) in [5, 5.41) is 10.1. The molecule has 2 rings (SSSR count). The van der Waals surface area contributed by atoms with E-state index in [0.717, 1.165) is 16.7 Å². The van der Waals surface area contributed by atoms with Crippen LogP contribution in [0.4, 0.5) is 13.2 Å². The van der Waals surface area contributed by atoms with E-state index < -0.39 is 17.2 Å². The number of carbonyl (C=O) groups is 1. The maximum atomic E-state index is 12.9. The first kappa shape index (κ1) is 22.5. The standard InChI is InChI=1S/C15H19ClF3N5O.ClH/c1-3-14(4-2,8-20)13(25)21-6-11-22-23-12-10(16)5-9(7-24(11)12)15(17,18)19;/h5,7H,3-4,6,8,20H2,1-2H3,(H,21,25);1H. The van der Waals surface area contributed by atoms with Crippen molar-refractivity contribution in [2.24, 2.45) is 11.1 Å². The molecule has 2 heterocycles. The summed E-state index contributed by atoms with van der Waals surface area (Å²) < 4.78 is 40.0. The van der Waals surface area contributed by atoms with Crippen LogP contribution in [0, 0.1) is 5.41 Å². The van der Waals surface area contributed by atoms with Crippen molar-refractivity contribution in [1.29, 1.82) is 0 Å². The Bertz CT molecular complexity index is 766. The van der Waals surface area contributed by atoms with Gasteiger partial charge in [-0.3, -0.25) is 9.20 Å². The Labute approximate surface area is 159 Å². The normalized spacial score (nSPS) is 12.1. The summed E-state index contributed by atoms with van der Waals surface area (Å²) in [5.74, 6) is -0.121. The molecular formula is C15H20Cl2F3N5O. The van der Waals surface area contributed by atoms with Gasteiger partial charge in [0.15, 0.2) is 11.5 Å². The molecule has 0 bridgehead atoms. The fourth-order valence-corrected chi connectivity index (χ4v) is 2.82. The number of carbonyl (C=O) groups excluding carboxylic acids is 1. The van der Waals surface area contributed by atoms with Gasteiger partial charge >= 0.3 is 6.18 Å². The summed E-state index contributed by atoms with van der Waals surface area (Å²) in [4.78, 5) is 12.4. The highest BCUT2D eigenvalue weighted by Gasteiger charge is 2.34. The number of halogens is 5. The zero-order valence-corrected chi connectivity index (χ0v) is 15.8. The van der Waals surface area contributed by atoms with E-state index >= 15 is 0 Å². The predicted molar refractivity (Wildman–Crippen MR) is 94.2 cm³/mol. The first-order chi connectivity index (χ1) is 11.7. The SMILES string of the molecule is CCC(CC)(CN)C(=O)NCc1nnc2c(Cl)cc(C(F)(F)F)cn12.Cl. The Hall–Kier alpha value is -1.58. The third kappa shape index (κ3) is 4.21.